The summed E-state index contributed by atoms with van der Waals surface area (Å²) in [5.74, 6) is 0.473. The van der Waals surface area contributed by atoms with Gasteiger partial charge in [-0.25, -0.2) is 0 Å². The Bertz CT molecular complexity index is 374. The van der Waals surface area contributed by atoms with E-state index in [4.69, 9.17) is 21.1 Å². The molecule has 0 spiro atoms. The predicted molar refractivity (Wildman–Crippen MR) is 82.0 cm³/mol. The Morgan fingerprint density at radius 3 is 2.55 bits per heavy atom. The molecule has 1 amide bonds. The van der Waals surface area contributed by atoms with Crippen molar-refractivity contribution >= 4 is 29.9 Å². The minimum absolute atomic E-state index is 0. The van der Waals surface area contributed by atoms with Crippen LogP contribution in [0.1, 0.15) is 0 Å². The van der Waals surface area contributed by atoms with Crippen LogP contribution >= 0.6 is 24.0 Å². The van der Waals surface area contributed by atoms with Crippen LogP contribution in [0, 0.1) is 0 Å². The molecule has 2 N–H and O–H groups in total. The molecule has 0 bridgehead atoms. The number of amides is 1. The number of hydrogen-bond donors (Lipinski definition) is 2. The minimum Gasteiger partial charge on any atom is -0.484 e. The molecule has 0 aliphatic heterocycles. The van der Waals surface area contributed by atoms with Gasteiger partial charge in [-0.15, -0.1) is 12.4 Å². The second-order valence-electron chi connectivity index (χ2n) is 3.84. The fourth-order valence-corrected chi connectivity index (χ4v) is 1.45. The molecule has 114 valence electrons. The largest absolute Gasteiger partial charge is 0.484 e. The second-order valence-corrected chi connectivity index (χ2v) is 4.27. The molecule has 0 heterocycles. The lowest BCUT2D eigenvalue weighted by molar-refractivity contribution is -0.123. The van der Waals surface area contributed by atoms with Crippen molar-refractivity contribution < 1.29 is 14.3 Å². The minimum atomic E-state index is -0.150. The Balaban J connectivity index is 0.00000361. The molecule has 0 aromatic heterocycles. The monoisotopic (exact) mass is 322 g/mol. The maximum absolute atomic E-state index is 11.5. The van der Waals surface area contributed by atoms with Crippen LogP contribution in [0.3, 0.4) is 0 Å². The summed E-state index contributed by atoms with van der Waals surface area (Å²) in [6.07, 6.45) is 0. The first kappa shape index (κ1) is 19.0. The van der Waals surface area contributed by atoms with Crippen molar-refractivity contribution in [1.82, 2.24) is 10.6 Å². The van der Waals surface area contributed by atoms with Gasteiger partial charge in [0.25, 0.3) is 5.91 Å². The molecule has 0 atom stereocenters. The van der Waals surface area contributed by atoms with Crippen LogP contribution in [0.25, 0.3) is 0 Å². The first-order valence-corrected chi connectivity index (χ1v) is 6.45. The SMILES string of the molecule is COCCNCCNC(=O)COc1ccc(Cl)cc1.Cl. The highest BCUT2D eigenvalue weighted by atomic mass is 35.5. The molecular formula is C13H20Cl2N2O3. The van der Waals surface area contributed by atoms with E-state index < -0.39 is 0 Å². The summed E-state index contributed by atoms with van der Waals surface area (Å²) in [5.41, 5.74) is 0. The van der Waals surface area contributed by atoms with Crippen molar-refractivity contribution in [3.8, 4) is 5.75 Å². The van der Waals surface area contributed by atoms with Crippen LogP contribution in [0.2, 0.25) is 5.02 Å². The van der Waals surface area contributed by atoms with Gasteiger partial charge >= 0.3 is 0 Å². The highest BCUT2D eigenvalue weighted by Gasteiger charge is 2.01. The first-order chi connectivity index (χ1) is 9.22. The third kappa shape index (κ3) is 8.98. The number of methoxy groups -OCH3 is 1. The van der Waals surface area contributed by atoms with Gasteiger partial charge in [-0.05, 0) is 24.3 Å². The van der Waals surface area contributed by atoms with E-state index in [0.717, 1.165) is 6.54 Å². The number of nitrogens with one attached hydrogen (secondary N) is 2. The number of hydrogen-bond acceptors (Lipinski definition) is 4. The lowest BCUT2D eigenvalue weighted by Crippen LogP contribution is -2.35. The summed E-state index contributed by atoms with van der Waals surface area (Å²) in [7, 11) is 1.65. The van der Waals surface area contributed by atoms with Gasteiger partial charge in [-0.3, -0.25) is 4.79 Å². The van der Waals surface area contributed by atoms with Gasteiger partial charge in [-0.2, -0.15) is 0 Å². The number of benzene rings is 1. The number of ether oxygens (including phenoxy) is 2. The quantitative estimate of drug-likeness (QED) is 0.676. The van der Waals surface area contributed by atoms with Gasteiger partial charge < -0.3 is 20.1 Å². The standard InChI is InChI=1S/C13H19ClN2O3.ClH/c1-18-9-8-15-6-7-16-13(17)10-19-12-4-2-11(14)3-5-12;/h2-5,15H,6-10H2,1H3,(H,16,17);1H. The molecule has 0 radical (unpaired) electrons. The summed E-state index contributed by atoms with van der Waals surface area (Å²) in [5, 5.41) is 6.51. The van der Waals surface area contributed by atoms with Crippen LogP contribution in [-0.4, -0.2) is 45.9 Å². The molecule has 0 aliphatic rings. The topological polar surface area (TPSA) is 59.6 Å². The van der Waals surface area contributed by atoms with Gasteiger partial charge in [0, 0.05) is 31.8 Å². The molecular weight excluding hydrogens is 303 g/mol. The Hall–Kier alpha value is -1.01. The van der Waals surface area contributed by atoms with Gasteiger partial charge in [0.15, 0.2) is 6.61 Å². The van der Waals surface area contributed by atoms with E-state index in [1.165, 1.54) is 0 Å². The smallest absolute Gasteiger partial charge is 0.257 e. The zero-order valence-electron chi connectivity index (χ0n) is 11.4. The lowest BCUT2D eigenvalue weighted by atomic mass is 10.3. The van der Waals surface area contributed by atoms with Crippen molar-refractivity contribution in [2.45, 2.75) is 0 Å². The molecule has 1 aromatic carbocycles. The van der Waals surface area contributed by atoms with E-state index in [0.29, 0.717) is 30.5 Å². The third-order valence-electron chi connectivity index (χ3n) is 2.29. The van der Waals surface area contributed by atoms with E-state index in [9.17, 15) is 4.79 Å². The number of carbonyl (C=O) groups excluding carboxylic acids is 1. The van der Waals surface area contributed by atoms with Crippen LogP contribution in [0.4, 0.5) is 0 Å². The van der Waals surface area contributed by atoms with Crippen LogP contribution in [0.5, 0.6) is 5.75 Å². The van der Waals surface area contributed by atoms with Crippen molar-refractivity contribution in [2.75, 3.05) is 40.0 Å². The van der Waals surface area contributed by atoms with E-state index in [-0.39, 0.29) is 24.9 Å². The third-order valence-corrected chi connectivity index (χ3v) is 2.54. The summed E-state index contributed by atoms with van der Waals surface area (Å²) < 4.78 is 10.2. The molecule has 0 aliphatic carbocycles. The summed E-state index contributed by atoms with van der Waals surface area (Å²) in [4.78, 5) is 11.5. The zero-order valence-corrected chi connectivity index (χ0v) is 12.9. The molecule has 20 heavy (non-hydrogen) atoms. The van der Waals surface area contributed by atoms with E-state index in [1.54, 1.807) is 31.4 Å². The van der Waals surface area contributed by atoms with Crippen molar-refractivity contribution in [3.05, 3.63) is 29.3 Å². The number of rotatable bonds is 9. The Morgan fingerprint density at radius 1 is 1.20 bits per heavy atom. The van der Waals surface area contributed by atoms with E-state index in [2.05, 4.69) is 10.6 Å². The van der Waals surface area contributed by atoms with Crippen LogP contribution in [0.15, 0.2) is 24.3 Å². The van der Waals surface area contributed by atoms with Crippen LogP contribution < -0.4 is 15.4 Å². The van der Waals surface area contributed by atoms with E-state index in [1.807, 2.05) is 0 Å². The number of halogens is 2. The summed E-state index contributed by atoms with van der Waals surface area (Å²) in [6, 6.07) is 6.88. The first-order valence-electron chi connectivity index (χ1n) is 6.07. The predicted octanol–water partition coefficient (Wildman–Crippen LogP) is 1.49. The van der Waals surface area contributed by atoms with Gasteiger partial charge in [0.2, 0.25) is 0 Å². The van der Waals surface area contributed by atoms with Gasteiger partial charge in [-0.1, -0.05) is 11.6 Å². The van der Waals surface area contributed by atoms with Crippen molar-refractivity contribution in [1.29, 1.82) is 0 Å². The fraction of sp³-hybridized carbons (Fsp3) is 0.462. The average molecular weight is 323 g/mol. The highest BCUT2D eigenvalue weighted by Crippen LogP contribution is 2.15. The molecule has 5 nitrogen and oxygen atoms in total. The molecule has 1 rings (SSSR count). The molecule has 0 fully saturated rings. The fourth-order valence-electron chi connectivity index (χ4n) is 1.32. The molecule has 0 saturated heterocycles. The Kier molecular flexibility index (Phi) is 11.2. The molecule has 7 heteroatoms. The lowest BCUT2D eigenvalue weighted by Gasteiger charge is -2.08. The van der Waals surface area contributed by atoms with Crippen molar-refractivity contribution in [3.63, 3.8) is 0 Å². The number of carbonyl (C=O) groups is 1. The van der Waals surface area contributed by atoms with E-state index >= 15 is 0 Å². The van der Waals surface area contributed by atoms with Crippen molar-refractivity contribution in [2.24, 2.45) is 0 Å². The molecule has 1 aromatic rings. The maximum atomic E-state index is 11.5. The summed E-state index contributed by atoms with van der Waals surface area (Å²) in [6.45, 7) is 2.70. The second kappa shape index (κ2) is 11.8. The van der Waals surface area contributed by atoms with Gasteiger partial charge in [0.1, 0.15) is 5.75 Å². The Morgan fingerprint density at radius 2 is 1.90 bits per heavy atom. The zero-order chi connectivity index (χ0) is 13.9. The van der Waals surface area contributed by atoms with Crippen LogP contribution in [-0.2, 0) is 9.53 Å². The Labute approximate surface area is 130 Å². The normalized spacial score (nSPS) is 9.70. The highest BCUT2D eigenvalue weighted by molar-refractivity contribution is 6.30. The summed E-state index contributed by atoms with van der Waals surface area (Å²) >= 11 is 5.74. The average Bonchev–Trinajstić information content (AvgIpc) is 2.42. The maximum Gasteiger partial charge on any atom is 0.257 e. The van der Waals surface area contributed by atoms with Gasteiger partial charge in [0.05, 0.1) is 6.61 Å². The molecule has 0 unspecified atom stereocenters. The molecule has 0 saturated carbocycles.